The van der Waals surface area contributed by atoms with Gasteiger partial charge in [-0.1, -0.05) is 12.1 Å². The number of aryl methyl sites for hydroxylation is 1. The molecule has 38 heavy (non-hydrogen) atoms. The number of amides is 3. The van der Waals surface area contributed by atoms with Crippen LogP contribution in [-0.4, -0.2) is 65.6 Å². The van der Waals surface area contributed by atoms with Crippen molar-refractivity contribution >= 4 is 23.8 Å². The number of carbonyl (C=O) groups is 2. The SMILES string of the molecule is CCN1C(=O)N2COCCC2(C)C(C)=C1/C=C\Cc1cc(NC(=O)C2=CC=NC(C(F)(F)F)C2)ccc1C. The molecule has 0 spiro atoms. The van der Waals surface area contributed by atoms with Gasteiger partial charge in [0.25, 0.3) is 5.91 Å². The van der Waals surface area contributed by atoms with Gasteiger partial charge in [-0.25, -0.2) is 4.79 Å². The minimum absolute atomic E-state index is 0.0315. The van der Waals surface area contributed by atoms with Crippen LogP contribution in [0, 0.1) is 6.92 Å². The first kappa shape index (κ1) is 27.6. The van der Waals surface area contributed by atoms with Gasteiger partial charge in [-0.2, -0.15) is 13.2 Å². The van der Waals surface area contributed by atoms with Crippen molar-refractivity contribution in [2.45, 2.75) is 64.7 Å². The second-order valence-electron chi connectivity index (χ2n) is 9.98. The van der Waals surface area contributed by atoms with Gasteiger partial charge in [0.05, 0.1) is 12.1 Å². The van der Waals surface area contributed by atoms with E-state index >= 15 is 0 Å². The van der Waals surface area contributed by atoms with Crippen LogP contribution in [0.5, 0.6) is 0 Å². The monoisotopic (exact) mass is 530 g/mol. The molecule has 1 fully saturated rings. The second-order valence-corrected chi connectivity index (χ2v) is 9.98. The summed E-state index contributed by atoms with van der Waals surface area (Å²) in [4.78, 5) is 32.8. The molecule has 10 heteroatoms. The first-order valence-electron chi connectivity index (χ1n) is 12.7. The Morgan fingerprint density at radius 3 is 2.79 bits per heavy atom. The van der Waals surface area contributed by atoms with Gasteiger partial charge in [-0.3, -0.25) is 19.6 Å². The fourth-order valence-corrected chi connectivity index (χ4v) is 5.02. The number of carbonyl (C=O) groups excluding carboxylic acids is 2. The van der Waals surface area contributed by atoms with Crippen molar-refractivity contribution < 1.29 is 27.5 Å². The molecule has 4 rings (SSSR count). The van der Waals surface area contributed by atoms with Crippen molar-refractivity contribution in [3.63, 3.8) is 0 Å². The van der Waals surface area contributed by atoms with Gasteiger partial charge in [0, 0.05) is 36.1 Å². The van der Waals surface area contributed by atoms with Crippen LogP contribution in [0.25, 0.3) is 0 Å². The molecule has 3 heterocycles. The number of urea groups is 1. The maximum Gasteiger partial charge on any atom is 0.411 e. The van der Waals surface area contributed by atoms with Crippen molar-refractivity contribution in [3.05, 3.63) is 64.4 Å². The molecule has 204 valence electrons. The zero-order valence-electron chi connectivity index (χ0n) is 22.1. The number of anilines is 1. The highest BCUT2D eigenvalue weighted by Gasteiger charge is 2.46. The molecule has 0 aliphatic carbocycles. The fourth-order valence-electron chi connectivity index (χ4n) is 5.02. The Labute approximate surface area is 220 Å². The minimum Gasteiger partial charge on any atom is -0.361 e. The van der Waals surface area contributed by atoms with Crippen LogP contribution >= 0.6 is 0 Å². The van der Waals surface area contributed by atoms with Crippen LogP contribution in [0.15, 0.2) is 58.3 Å². The summed E-state index contributed by atoms with van der Waals surface area (Å²) in [7, 11) is 0. The number of aliphatic imine (C=N–C) groups is 1. The van der Waals surface area contributed by atoms with Gasteiger partial charge in [-0.15, -0.1) is 0 Å². The number of hydrogen-bond donors (Lipinski definition) is 1. The van der Waals surface area contributed by atoms with E-state index in [1.165, 1.54) is 6.08 Å². The smallest absolute Gasteiger partial charge is 0.361 e. The summed E-state index contributed by atoms with van der Waals surface area (Å²) in [6.07, 6.45) is 2.61. The van der Waals surface area contributed by atoms with E-state index in [2.05, 4.69) is 24.2 Å². The molecule has 2 atom stereocenters. The van der Waals surface area contributed by atoms with Gasteiger partial charge in [-0.05, 0) is 81.5 Å². The van der Waals surface area contributed by atoms with E-state index < -0.39 is 30.1 Å². The summed E-state index contributed by atoms with van der Waals surface area (Å²) in [6, 6.07) is 3.43. The number of benzene rings is 1. The summed E-state index contributed by atoms with van der Waals surface area (Å²) >= 11 is 0. The van der Waals surface area contributed by atoms with E-state index in [4.69, 9.17) is 4.74 Å². The number of nitrogens with zero attached hydrogens (tertiary/aromatic N) is 3. The van der Waals surface area contributed by atoms with E-state index in [1.54, 1.807) is 15.9 Å². The third-order valence-corrected chi connectivity index (χ3v) is 7.66. The van der Waals surface area contributed by atoms with Gasteiger partial charge in [0.1, 0.15) is 12.8 Å². The van der Waals surface area contributed by atoms with Crippen LogP contribution < -0.4 is 5.32 Å². The van der Waals surface area contributed by atoms with Crippen LogP contribution in [0.2, 0.25) is 0 Å². The van der Waals surface area contributed by atoms with Gasteiger partial charge in [0.15, 0.2) is 0 Å². The lowest BCUT2D eigenvalue weighted by molar-refractivity contribution is -0.146. The predicted molar refractivity (Wildman–Crippen MR) is 140 cm³/mol. The molecule has 3 aliphatic heterocycles. The van der Waals surface area contributed by atoms with Crippen LogP contribution in [0.3, 0.4) is 0 Å². The molecule has 0 saturated carbocycles. The summed E-state index contributed by atoms with van der Waals surface area (Å²) in [6.45, 7) is 9.42. The summed E-state index contributed by atoms with van der Waals surface area (Å²) < 4.78 is 44.7. The molecule has 3 amide bonds. The molecule has 1 aromatic rings. The molecular weight excluding hydrogens is 497 g/mol. The molecule has 3 aliphatic rings. The van der Waals surface area contributed by atoms with Crippen LogP contribution in [0.4, 0.5) is 23.7 Å². The van der Waals surface area contributed by atoms with E-state index in [9.17, 15) is 22.8 Å². The van der Waals surface area contributed by atoms with Crippen molar-refractivity contribution in [1.29, 1.82) is 0 Å². The Balaban J connectivity index is 1.49. The number of rotatable bonds is 6. The van der Waals surface area contributed by atoms with Gasteiger partial charge in [0.2, 0.25) is 0 Å². The van der Waals surface area contributed by atoms with E-state index in [0.717, 1.165) is 35.0 Å². The summed E-state index contributed by atoms with van der Waals surface area (Å²) in [5.41, 5.74) is 4.08. The van der Waals surface area contributed by atoms with Gasteiger partial charge >= 0.3 is 12.2 Å². The van der Waals surface area contributed by atoms with E-state index in [-0.39, 0.29) is 18.3 Å². The van der Waals surface area contributed by atoms with E-state index in [1.807, 2.05) is 38.1 Å². The van der Waals surface area contributed by atoms with Crippen molar-refractivity contribution in [2.24, 2.45) is 4.99 Å². The van der Waals surface area contributed by atoms with Crippen molar-refractivity contribution in [1.82, 2.24) is 9.80 Å². The average molecular weight is 531 g/mol. The van der Waals surface area contributed by atoms with E-state index in [0.29, 0.717) is 25.3 Å². The lowest BCUT2D eigenvalue weighted by atomic mass is 9.83. The first-order chi connectivity index (χ1) is 18.0. The average Bonchev–Trinajstić information content (AvgIpc) is 2.88. The molecule has 0 aromatic heterocycles. The minimum atomic E-state index is -4.50. The number of dihydropyridines is 1. The summed E-state index contributed by atoms with van der Waals surface area (Å²) in [5.74, 6) is -0.579. The number of nitrogens with one attached hydrogen (secondary N) is 1. The fraction of sp³-hybridized carbons (Fsp3) is 0.464. The molecule has 7 nitrogen and oxygen atoms in total. The molecule has 1 aromatic carbocycles. The third-order valence-electron chi connectivity index (χ3n) is 7.66. The third kappa shape index (κ3) is 5.41. The molecular formula is C28H33F3N4O3. The highest BCUT2D eigenvalue weighted by molar-refractivity contribution is 6.06. The quantitative estimate of drug-likeness (QED) is 0.526. The number of likely N-dealkylation sites (N-methyl/N-ethyl adjacent to an activating group) is 1. The molecule has 1 saturated heterocycles. The first-order valence-corrected chi connectivity index (χ1v) is 12.7. The molecule has 2 unspecified atom stereocenters. The number of alkyl halides is 3. The van der Waals surface area contributed by atoms with Crippen LogP contribution in [0.1, 0.15) is 44.7 Å². The number of hydrogen-bond acceptors (Lipinski definition) is 4. The zero-order valence-corrected chi connectivity index (χ0v) is 22.1. The maximum absolute atomic E-state index is 13.2. The Hall–Kier alpha value is -3.40. The predicted octanol–water partition coefficient (Wildman–Crippen LogP) is 5.53. The molecule has 1 N–H and O–H groups in total. The highest BCUT2D eigenvalue weighted by Crippen LogP contribution is 2.39. The topological polar surface area (TPSA) is 74.2 Å². The number of halogens is 3. The standard InChI is InChI=1S/C28H33F3N4O3/c1-5-34-23(19(3)27(4)12-14-38-17-35(27)26(34)37)8-6-7-20-15-22(10-9-18(20)2)33-25(36)21-11-13-32-24(16-21)28(29,30)31/h6,8-11,13,15,24H,5,7,12,14,16-17H2,1-4H3,(H,33,36)/b8-6-. The Morgan fingerprint density at radius 2 is 2.08 bits per heavy atom. The van der Waals surface area contributed by atoms with Crippen molar-refractivity contribution in [3.8, 4) is 0 Å². The highest BCUT2D eigenvalue weighted by atomic mass is 19.4. The zero-order chi connectivity index (χ0) is 27.7. The van der Waals surface area contributed by atoms with Crippen molar-refractivity contribution in [2.75, 3.05) is 25.2 Å². The Bertz CT molecular complexity index is 1230. The number of ether oxygens (including phenoxy) is 1. The molecule has 0 radical (unpaired) electrons. The Kier molecular flexibility index (Phi) is 7.83. The number of fused-ring (bicyclic) bond motifs is 1. The van der Waals surface area contributed by atoms with Crippen LogP contribution in [-0.2, 0) is 16.0 Å². The number of allylic oxidation sites excluding steroid dienone is 3. The van der Waals surface area contributed by atoms with Gasteiger partial charge < -0.3 is 10.1 Å². The Morgan fingerprint density at radius 1 is 1.32 bits per heavy atom. The largest absolute Gasteiger partial charge is 0.411 e. The lowest BCUT2D eigenvalue weighted by Crippen LogP contribution is -2.62. The second kappa shape index (κ2) is 10.8. The summed E-state index contributed by atoms with van der Waals surface area (Å²) in [5, 5.41) is 2.72. The lowest BCUT2D eigenvalue weighted by Gasteiger charge is -2.51. The maximum atomic E-state index is 13.2. The normalized spacial score (nSPS) is 24.1. The molecule has 0 bridgehead atoms.